The number of carboxylic acid groups (broad SMARTS) is 1. The Kier molecular flexibility index (Phi) is 6.44. The smallest absolute Gasteiger partial charge is 0.407 e. The Morgan fingerprint density at radius 2 is 1.74 bits per heavy atom. The fourth-order valence-corrected chi connectivity index (χ4v) is 5.34. The second kappa shape index (κ2) is 9.67. The lowest BCUT2D eigenvalue weighted by Gasteiger charge is -2.30. The van der Waals surface area contributed by atoms with E-state index in [0.29, 0.717) is 32.7 Å². The van der Waals surface area contributed by atoms with Gasteiger partial charge in [0.15, 0.2) is 0 Å². The first-order valence-corrected chi connectivity index (χ1v) is 11.8. The van der Waals surface area contributed by atoms with Gasteiger partial charge < -0.3 is 30.0 Å². The number of hydrogen-bond donors (Lipinski definition) is 3. The van der Waals surface area contributed by atoms with Gasteiger partial charge in [-0.3, -0.25) is 9.59 Å². The molecule has 0 bridgehead atoms. The van der Waals surface area contributed by atoms with E-state index in [2.05, 4.69) is 10.6 Å². The Morgan fingerprint density at radius 1 is 1.06 bits per heavy atom. The van der Waals surface area contributed by atoms with Gasteiger partial charge in [0.05, 0.1) is 19.1 Å². The van der Waals surface area contributed by atoms with Gasteiger partial charge in [0.1, 0.15) is 18.2 Å². The number of carbonyl (C=O) groups is 3. The third kappa shape index (κ3) is 4.61. The van der Waals surface area contributed by atoms with E-state index in [9.17, 15) is 19.5 Å². The molecule has 0 aromatic heterocycles. The summed E-state index contributed by atoms with van der Waals surface area (Å²) < 4.78 is 16.8. The summed E-state index contributed by atoms with van der Waals surface area (Å²) in [6.07, 6.45) is -0.149. The lowest BCUT2D eigenvalue weighted by Crippen LogP contribution is -2.56. The number of nitrogens with one attached hydrogen (secondary N) is 2. The van der Waals surface area contributed by atoms with Crippen molar-refractivity contribution in [2.45, 2.75) is 42.9 Å². The number of aliphatic carboxylic acids is 1. The predicted molar refractivity (Wildman–Crippen MR) is 125 cm³/mol. The van der Waals surface area contributed by atoms with Gasteiger partial charge in [0.25, 0.3) is 0 Å². The monoisotopic (exact) mass is 480 g/mol. The van der Waals surface area contributed by atoms with Crippen LogP contribution in [-0.2, 0) is 23.8 Å². The number of fused-ring (bicyclic) bond motifs is 3. The summed E-state index contributed by atoms with van der Waals surface area (Å²) >= 11 is 0. The standard InChI is InChI=1S/C26H28N2O7/c29-23(30)13-21(24(31)28-22-9-11-35-26(22)10-12-33-15-26)27-25(32)34-14-20-18-7-3-1-5-16(18)17-6-2-4-8-19(17)20/h1-8,20-22H,9-15H2,(H,27,32)(H,28,31)(H,29,30). The number of hydrogen-bond acceptors (Lipinski definition) is 6. The number of amides is 2. The fraction of sp³-hybridized carbons (Fsp3) is 0.423. The molecule has 0 radical (unpaired) electrons. The first kappa shape index (κ1) is 23.3. The molecule has 35 heavy (non-hydrogen) atoms. The van der Waals surface area contributed by atoms with Crippen LogP contribution in [0.5, 0.6) is 0 Å². The van der Waals surface area contributed by atoms with Crippen molar-refractivity contribution < 1.29 is 33.7 Å². The molecule has 9 nitrogen and oxygen atoms in total. The Morgan fingerprint density at radius 3 is 2.37 bits per heavy atom. The Balaban J connectivity index is 1.23. The molecule has 2 heterocycles. The lowest BCUT2D eigenvalue weighted by atomic mass is 9.93. The molecule has 9 heteroatoms. The van der Waals surface area contributed by atoms with Crippen LogP contribution in [0.4, 0.5) is 4.79 Å². The van der Waals surface area contributed by atoms with E-state index >= 15 is 0 Å². The molecule has 3 unspecified atom stereocenters. The summed E-state index contributed by atoms with van der Waals surface area (Å²) in [5.41, 5.74) is 3.73. The molecule has 2 aromatic carbocycles. The second-order valence-electron chi connectivity index (χ2n) is 9.19. The van der Waals surface area contributed by atoms with Crippen LogP contribution >= 0.6 is 0 Å². The quantitative estimate of drug-likeness (QED) is 0.556. The molecule has 2 amide bonds. The maximum Gasteiger partial charge on any atom is 0.407 e. The highest BCUT2D eigenvalue weighted by Crippen LogP contribution is 2.44. The topological polar surface area (TPSA) is 123 Å². The highest BCUT2D eigenvalue weighted by molar-refractivity contribution is 5.89. The van der Waals surface area contributed by atoms with Crippen molar-refractivity contribution in [2.24, 2.45) is 0 Å². The van der Waals surface area contributed by atoms with Crippen molar-refractivity contribution in [1.82, 2.24) is 10.6 Å². The zero-order chi connectivity index (χ0) is 24.4. The van der Waals surface area contributed by atoms with Crippen molar-refractivity contribution in [3.63, 3.8) is 0 Å². The van der Waals surface area contributed by atoms with Crippen molar-refractivity contribution in [1.29, 1.82) is 0 Å². The molecule has 3 N–H and O–H groups in total. The predicted octanol–water partition coefficient (Wildman–Crippen LogP) is 2.43. The Bertz CT molecular complexity index is 1080. The van der Waals surface area contributed by atoms with Gasteiger partial charge in [-0.05, 0) is 28.7 Å². The molecule has 1 aliphatic carbocycles. The number of carboxylic acids is 1. The summed E-state index contributed by atoms with van der Waals surface area (Å²) in [5.74, 6) is -1.92. The molecule has 1 spiro atoms. The zero-order valence-corrected chi connectivity index (χ0v) is 19.2. The minimum atomic E-state index is -1.27. The summed E-state index contributed by atoms with van der Waals surface area (Å²) in [6.45, 7) is 1.47. The molecule has 2 fully saturated rings. The van der Waals surface area contributed by atoms with Crippen molar-refractivity contribution in [2.75, 3.05) is 26.4 Å². The van der Waals surface area contributed by atoms with Gasteiger partial charge in [-0.1, -0.05) is 48.5 Å². The van der Waals surface area contributed by atoms with E-state index in [4.69, 9.17) is 14.2 Å². The number of rotatable bonds is 7. The Hall–Kier alpha value is -3.43. The van der Waals surface area contributed by atoms with Crippen LogP contribution in [0, 0.1) is 0 Å². The van der Waals surface area contributed by atoms with Crippen LogP contribution < -0.4 is 10.6 Å². The maximum absolute atomic E-state index is 13.0. The second-order valence-corrected chi connectivity index (χ2v) is 9.19. The average molecular weight is 481 g/mol. The number of ether oxygens (including phenoxy) is 3. The number of benzene rings is 2. The molecular weight excluding hydrogens is 452 g/mol. The molecular formula is C26H28N2O7. The van der Waals surface area contributed by atoms with Crippen LogP contribution in [0.1, 0.15) is 36.3 Å². The summed E-state index contributed by atoms with van der Waals surface area (Å²) in [5, 5.41) is 14.6. The first-order chi connectivity index (χ1) is 17.0. The molecule has 2 aromatic rings. The minimum Gasteiger partial charge on any atom is -0.481 e. The highest BCUT2D eigenvalue weighted by Gasteiger charge is 2.48. The summed E-state index contributed by atoms with van der Waals surface area (Å²) in [4.78, 5) is 37.0. The number of alkyl carbamates (subject to hydrolysis) is 1. The molecule has 5 rings (SSSR count). The first-order valence-electron chi connectivity index (χ1n) is 11.8. The maximum atomic E-state index is 13.0. The SMILES string of the molecule is O=C(O)CC(NC(=O)OCC1c2ccccc2-c2ccccc21)C(=O)NC1CCOC12CCOC2. The minimum absolute atomic E-state index is 0.0676. The van der Waals surface area contributed by atoms with E-state index in [0.717, 1.165) is 22.3 Å². The molecule has 0 saturated carbocycles. The van der Waals surface area contributed by atoms with E-state index in [-0.39, 0.29) is 18.6 Å². The third-order valence-electron chi connectivity index (χ3n) is 7.09. The van der Waals surface area contributed by atoms with Crippen LogP contribution in [0.2, 0.25) is 0 Å². The van der Waals surface area contributed by atoms with E-state index in [1.165, 1.54) is 0 Å². The summed E-state index contributed by atoms with van der Waals surface area (Å²) in [7, 11) is 0. The van der Waals surface area contributed by atoms with Gasteiger partial charge in [-0.2, -0.15) is 0 Å². The van der Waals surface area contributed by atoms with Gasteiger partial charge >= 0.3 is 12.1 Å². The molecule has 2 saturated heterocycles. The summed E-state index contributed by atoms with van der Waals surface area (Å²) in [6, 6.07) is 14.3. The van der Waals surface area contributed by atoms with Crippen LogP contribution in [0.3, 0.4) is 0 Å². The third-order valence-corrected chi connectivity index (χ3v) is 7.09. The van der Waals surface area contributed by atoms with Gasteiger partial charge in [-0.15, -0.1) is 0 Å². The van der Waals surface area contributed by atoms with Crippen LogP contribution in [-0.4, -0.2) is 67.2 Å². The molecule has 3 atom stereocenters. The van der Waals surface area contributed by atoms with Gasteiger partial charge in [0, 0.05) is 25.6 Å². The highest BCUT2D eigenvalue weighted by atomic mass is 16.6. The normalized spacial score (nSPS) is 23.5. The zero-order valence-electron chi connectivity index (χ0n) is 19.2. The largest absolute Gasteiger partial charge is 0.481 e. The van der Waals surface area contributed by atoms with E-state index in [1.807, 2.05) is 48.5 Å². The Labute approximate surface area is 202 Å². The molecule has 184 valence electrons. The van der Waals surface area contributed by atoms with E-state index < -0.39 is 36.0 Å². The average Bonchev–Trinajstić information content (AvgIpc) is 3.56. The van der Waals surface area contributed by atoms with Crippen molar-refractivity contribution in [3.8, 4) is 11.1 Å². The molecule has 3 aliphatic rings. The van der Waals surface area contributed by atoms with Crippen LogP contribution in [0.15, 0.2) is 48.5 Å². The number of carbonyl (C=O) groups excluding carboxylic acids is 2. The van der Waals surface area contributed by atoms with Crippen molar-refractivity contribution in [3.05, 3.63) is 59.7 Å². The molecule has 2 aliphatic heterocycles. The fourth-order valence-electron chi connectivity index (χ4n) is 5.34. The van der Waals surface area contributed by atoms with Crippen LogP contribution in [0.25, 0.3) is 11.1 Å². The van der Waals surface area contributed by atoms with Gasteiger partial charge in [0.2, 0.25) is 5.91 Å². The van der Waals surface area contributed by atoms with Gasteiger partial charge in [-0.25, -0.2) is 4.79 Å². The van der Waals surface area contributed by atoms with E-state index in [1.54, 1.807) is 0 Å². The van der Waals surface area contributed by atoms with Crippen molar-refractivity contribution >= 4 is 18.0 Å². The lowest BCUT2D eigenvalue weighted by molar-refractivity contribution is -0.140.